The van der Waals surface area contributed by atoms with Crippen LogP contribution in [0.25, 0.3) is 0 Å². The molecule has 1 aliphatic rings. The largest absolute Gasteiger partial charge is 0.455 e. The van der Waals surface area contributed by atoms with Gasteiger partial charge in [0.1, 0.15) is 11.3 Å². The fraction of sp³-hybridized carbons (Fsp3) is 0.500. The number of fused-ring (bicyclic) bond motifs is 1. The van der Waals surface area contributed by atoms with E-state index in [1.54, 1.807) is 18.3 Å². The number of rotatable bonds is 2. The Morgan fingerprint density at radius 3 is 2.70 bits per heavy atom. The van der Waals surface area contributed by atoms with Crippen LogP contribution in [-0.4, -0.2) is 36.4 Å². The lowest BCUT2D eigenvalue weighted by Gasteiger charge is -2.29. The first-order valence-corrected chi connectivity index (χ1v) is 6.37. The quantitative estimate of drug-likeness (QED) is 0.773. The maximum absolute atomic E-state index is 12.3. The fourth-order valence-corrected chi connectivity index (χ4v) is 1.98. The van der Waals surface area contributed by atoms with Crippen molar-refractivity contribution in [2.45, 2.75) is 32.5 Å². The Kier molecular flexibility index (Phi) is 3.76. The molecule has 0 fully saturated rings. The lowest BCUT2D eigenvalue weighted by Crippen LogP contribution is -2.37. The molecule has 1 aromatic rings. The molecular formula is C14H19N3O3. The van der Waals surface area contributed by atoms with Gasteiger partial charge in [-0.3, -0.25) is 9.99 Å². The van der Waals surface area contributed by atoms with E-state index in [0.717, 1.165) is 5.69 Å². The zero-order chi connectivity index (χ0) is 14.9. The summed E-state index contributed by atoms with van der Waals surface area (Å²) in [6.45, 7) is 5.43. The van der Waals surface area contributed by atoms with Gasteiger partial charge in [-0.1, -0.05) is 0 Å². The average Bonchev–Trinajstić information content (AvgIpc) is 2.36. The van der Waals surface area contributed by atoms with Crippen molar-refractivity contribution < 1.29 is 14.3 Å². The van der Waals surface area contributed by atoms with Gasteiger partial charge in [-0.15, -0.1) is 0 Å². The van der Waals surface area contributed by atoms with Crippen molar-refractivity contribution in [3.8, 4) is 0 Å². The zero-order valence-electron chi connectivity index (χ0n) is 12.4. The van der Waals surface area contributed by atoms with E-state index in [2.05, 4.69) is 10.1 Å². The summed E-state index contributed by atoms with van der Waals surface area (Å²) in [5.41, 5.74) is 1.09. The molecule has 0 aliphatic carbocycles. The normalized spacial score (nSPS) is 18.4. The molecule has 6 nitrogen and oxygen atoms in total. The van der Waals surface area contributed by atoms with Crippen LogP contribution in [0.4, 0.5) is 5.69 Å². The molecule has 1 aromatic heterocycles. The number of hydrazone groups is 1. The number of aromatic nitrogens is 1. The Labute approximate surface area is 118 Å². The van der Waals surface area contributed by atoms with Gasteiger partial charge >= 0.3 is 5.97 Å². The summed E-state index contributed by atoms with van der Waals surface area (Å²) in [5, 5.41) is 5.88. The number of esters is 1. The minimum atomic E-state index is -0.614. The lowest BCUT2D eigenvalue weighted by molar-refractivity contribution is -0.146. The van der Waals surface area contributed by atoms with Crippen LogP contribution in [0, 0.1) is 0 Å². The van der Waals surface area contributed by atoms with Crippen molar-refractivity contribution >= 4 is 17.4 Å². The number of methoxy groups -OCH3 is 1. The maximum atomic E-state index is 12.3. The summed E-state index contributed by atoms with van der Waals surface area (Å²) in [4.78, 5) is 16.5. The Morgan fingerprint density at radius 2 is 2.10 bits per heavy atom. The number of hydrogen-bond acceptors (Lipinski definition) is 6. The molecule has 2 heterocycles. The van der Waals surface area contributed by atoms with Gasteiger partial charge < -0.3 is 9.47 Å². The molecule has 0 amide bonds. The highest BCUT2D eigenvalue weighted by Gasteiger charge is 2.35. The molecule has 1 atom stereocenters. The van der Waals surface area contributed by atoms with Gasteiger partial charge in [-0.05, 0) is 32.9 Å². The zero-order valence-corrected chi connectivity index (χ0v) is 12.4. The predicted molar refractivity (Wildman–Crippen MR) is 75.7 cm³/mol. The molecule has 1 unspecified atom stereocenters. The standard InChI is InChI=1S/C14H19N3O3/c1-14(2,3)20-13(18)11-12(19-5)10-9(17(4)16-11)7-6-8-15-10/h6-8,12H,1-5H3. The number of carbonyl (C=O) groups is 1. The Morgan fingerprint density at radius 1 is 1.40 bits per heavy atom. The molecule has 20 heavy (non-hydrogen) atoms. The van der Waals surface area contributed by atoms with Crippen LogP contribution < -0.4 is 5.01 Å². The van der Waals surface area contributed by atoms with Crippen LogP contribution in [0.2, 0.25) is 0 Å². The molecule has 0 N–H and O–H groups in total. The van der Waals surface area contributed by atoms with E-state index in [4.69, 9.17) is 9.47 Å². The average molecular weight is 277 g/mol. The molecule has 0 radical (unpaired) electrons. The first kappa shape index (κ1) is 14.5. The highest BCUT2D eigenvalue weighted by atomic mass is 16.6. The van der Waals surface area contributed by atoms with Gasteiger partial charge in [-0.25, -0.2) is 4.79 Å². The fourth-order valence-electron chi connectivity index (χ4n) is 1.98. The SMILES string of the molecule is COC1C(C(=O)OC(C)(C)C)=NN(C)c2cccnc21. The van der Waals surface area contributed by atoms with Crippen molar-refractivity contribution in [3.63, 3.8) is 0 Å². The molecule has 6 heteroatoms. The van der Waals surface area contributed by atoms with E-state index in [-0.39, 0.29) is 5.71 Å². The minimum Gasteiger partial charge on any atom is -0.455 e. The molecule has 0 saturated carbocycles. The number of hydrogen-bond donors (Lipinski definition) is 0. The number of anilines is 1. The molecule has 0 saturated heterocycles. The molecule has 0 bridgehead atoms. The third kappa shape index (κ3) is 2.80. The lowest BCUT2D eigenvalue weighted by atomic mass is 10.1. The molecular weight excluding hydrogens is 258 g/mol. The van der Waals surface area contributed by atoms with Crippen molar-refractivity contribution in [2.24, 2.45) is 5.10 Å². The summed E-state index contributed by atoms with van der Waals surface area (Å²) < 4.78 is 10.8. The van der Waals surface area contributed by atoms with Crippen molar-refractivity contribution in [1.29, 1.82) is 0 Å². The molecule has 108 valence electrons. The number of ether oxygens (including phenoxy) is 2. The monoisotopic (exact) mass is 277 g/mol. The molecule has 0 aromatic carbocycles. The first-order valence-electron chi connectivity index (χ1n) is 6.37. The molecule has 0 spiro atoms. The van der Waals surface area contributed by atoms with E-state index < -0.39 is 17.7 Å². The molecule has 1 aliphatic heterocycles. The number of nitrogens with zero attached hydrogens (tertiary/aromatic N) is 3. The van der Waals surface area contributed by atoms with Gasteiger partial charge in [-0.2, -0.15) is 5.10 Å². The van der Waals surface area contributed by atoms with E-state index in [9.17, 15) is 4.79 Å². The van der Waals surface area contributed by atoms with Crippen molar-refractivity contribution in [1.82, 2.24) is 4.98 Å². The molecule has 2 rings (SSSR count). The van der Waals surface area contributed by atoms with Gasteiger partial charge in [0.25, 0.3) is 0 Å². The summed E-state index contributed by atoms with van der Waals surface area (Å²) in [5.74, 6) is -0.493. The summed E-state index contributed by atoms with van der Waals surface area (Å²) in [6, 6.07) is 3.69. The van der Waals surface area contributed by atoms with Crippen LogP contribution >= 0.6 is 0 Å². The first-order chi connectivity index (χ1) is 9.33. The van der Waals surface area contributed by atoms with E-state index in [1.165, 1.54) is 7.11 Å². The summed E-state index contributed by atoms with van der Waals surface area (Å²) >= 11 is 0. The van der Waals surface area contributed by atoms with E-state index in [0.29, 0.717) is 5.69 Å². The van der Waals surface area contributed by atoms with Gasteiger partial charge in [0, 0.05) is 20.4 Å². The number of carbonyl (C=O) groups excluding carboxylic acids is 1. The Bertz CT molecular complexity index is 549. The summed E-state index contributed by atoms with van der Waals surface area (Å²) in [6.07, 6.45) is 1.05. The second-order valence-corrected chi connectivity index (χ2v) is 5.53. The second-order valence-electron chi connectivity index (χ2n) is 5.53. The third-order valence-corrected chi connectivity index (χ3v) is 2.76. The topological polar surface area (TPSA) is 64.0 Å². The van der Waals surface area contributed by atoms with Crippen molar-refractivity contribution in [3.05, 3.63) is 24.0 Å². The highest BCUT2D eigenvalue weighted by molar-refractivity contribution is 6.39. The summed E-state index contributed by atoms with van der Waals surface area (Å²) in [7, 11) is 3.28. The smallest absolute Gasteiger partial charge is 0.358 e. The maximum Gasteiger partial charge on any atom is 0.358 e. The Hall–Kier alpha value is -1.95. The van der Waals surface area contributed by atoms with Crippen LogP contribution in [0.3, 0.4) is 0 Å². The van der Waals surface area contributed by atoms with E-state index in [1.807, 2.05) is 32.9 Å². The minimum absolute atomic E-state index is 0.205. The Balaban J connectivity index is 2.37. The van der Waals surface area contributed by atoms with Crippen LogP contribution in [-0.2, 0) is 14.3 Å². The second kappa shape index (κ2) is 5.20. The van der Waals surface area contributed by atoms with Crippen LogP contribution in [0.15, 0.2) is 23.4 Å². The predicted octanol–water partition coefficient (Wildman–Crippen LogP) is 1.92. The van der Waals surface area contributed by atoms with E-state index >= 15 is 0 Å². The highest BCUT2D eigenvalue weighted by Crippen LogP contribution is 2.32. The van der Waals surface area contributed by atoms with Crippen LogP contribution in [0.1, 0.15) is 32.6 Å². The third-order valence-electron chi connectivity index (χ3n) is 2.76. The van der Waals surface area contributed by atoms with Crippen LogP contribution in [0.5, 0.6) is 0 Å². The van der Waals surface area contributed by atoms with Crippen molar-refractivity contribution in [2.75, 3.05) is 19.2 Å². The number of pyridine rings is 1. The van der Waals surface area contributed by atoms with Gasteiger partial charge in [0.15, 0.2) is 11.8 Å². The van der Waals surface area contributed by atoms with Gasteiger partial charge in [0.05, 0.1) is 5.69 Å². The van der Waals surface area contributed by atoms with Gasteiger partial charge in [0.2, 0.25) is 0 Å².